The third-order valence-electron chi connectivity index (χ3n) is 3.02. The summed E-state index contributed by atoms with van der Waals surface area (Å²) >= 11 is 11.5. The molecule has 0 bridgehead atoms. The zero-order chi connectivity index (χ0) is 16.1. The Bertz CT molecular complexity index is 691. The van der Waals surface area contributed by atoms with E-state index < -0.39 is 0 Å². The van der Waals surface area contributed by atoms with Gasteiger partial charge in [0.2, 0.25) is 0 Å². The molecule has 0 fully saturated rings. The Morgan fingerprint density at radius 2 is 2.05 bits per heavy atom. The number of rotatable bonds is 4. The molecule has 1 aromatic carbocycles. The average molecular weight is 336 g/mol. The van der Waals surface area contributed by atoms with Crippen LogP contribution >= 0.6 is 23.8 Å². The van der Waals surface area contributed by atoms with Crippen molar-refractivity contribution in [3.05, 3.63) is 46.2 Å². The molecule has 0 aliphatic heterocycles. The molecule has 22 heavy (non-hydrogen) atoms. The molecule has 0 atom stereocenters. The SMILES string of the molecule is CCNC(=S)N/N=C/c1c(C)nn(-c2ccc(C)cc2)c1Cl. The van der Waals surface area contributed by atoms with Crippen molar-refractivity contribution in [3.63, 3.8) is 0 Å². The Labute approximate surface area is 140 Å². The van der Waals surface area contributed by atoms with Crippen LogP contribution < -0.4 is 10.7 Å². The first kappa shape index (κ1) is 16.5. The molecule has 0 spiro atoms. The van der Waals surface area contributed by atoms with Crippen LogP contribution in [0.2, 0.25) is 5.15 Å². The Morgan fingerprint density at radius 3 is 2.68 bits per heavy atom. The van der Waals surface area contributed by atoms with Crippen LogP contribution in [0.1, 0.15) is 23.7 Å². The van der Waals surface area contributed by atoms with Crippen molar-refractivity contribution in [3.8, 4) is 5.69 Å². The molecule has 0 amide bonds. The molecule has 7 heteroatoms. The van der Waals surface area contributed by atoms with Crippen molar-refractivity contribution in [2.75, 3.05) is 6.54 Å². The van der Waals surface area contributed by atoms with E-state index in [-0.39, 0.29) is 0 Å². The third kappa shape index (κ3) is 3.84. The van der Waals surface area contributed by atoms with Gasteiger partial charge < -0.3 is 5.32 Å². The topological polar surface area (TPSA) is 54.2 Å². The fraction of sp³-hybridized carbons (Fsp3) is 0.267. The zero-order valence-corrected chi connectivity index (χ0v) is 14.3. The van der Waals surface area contributed by atoms with Crippen molar-refractivity contribution in [1.82, 2.24) is 20.5 Å². The van der Waals surface area contributed by atoms with Crippen LogP contribution in [0.25, 0.3) is 5.69 Å². The Balaban J connectivity index is 2.22. The van der Waals surface area contributed by atoms with Gasteiger partial charge in [-0.15, -0.1) is 0 Å². The lowest BCUT2D eigenvalue weighted by atomic mass is 10.2. The third-order valence-corrected chi connectivity index (χ3v) is 3.62. The summed E-state index contributed by atoms with van der Waals surface area (Å²) in [6.07, 6.45) is 1.62. The van der Waals surface area contributed by atoms with Gasteiger partial charge in [-0.2, -0.15) is 10.2 Å². The molecule has 2 aromatic rings. The quantitative estimate of drug-likeness (QED) is 0.512. The molecule has 0 saturated heterocycles. The van der Waals surface area contributed by atoms with E-state index in [9.17, 15) is 0 Å². The van der Waals surface area contributed by atoms with Crippen LogP contribution in [0.5, 0.6) is 0 Å². The van der Waals surface area contributed by atoms with E-state index in [1.165, 1.54) is 5.56 Å². The molecule has 2 N–H and O–H groups in total. The number of aromatic nitrogens is 2. The smallest absolute Gasteiger partial charge is 0.186 e. The lowest BCUT2D eigenvalue weighted by molar-refractivity contribution is 0.863. The highest BCUT2D eigenvalue weighted by molar-refractivity contribution is 7.80. The number of halogens is 1. The van der Waals surface area contributed by atoms with E-state index in [0.717, 1.165) is 23.5 Å². The van der Waals surface area contributed by atoms with Crippen molar-refractivity contribution < 1.29 is 0 Å². The largest absolute Gasteiger partial charge is 0.362 e. The molecular formula is C15H18ClN5S. The minimum absolute atomic E-state index is 0.471. The molecule has 2 rings (SSSR count). The number of benzene rings is 1. The first-order chi connectivity index (χ1) is 10.5. The second kappa shape index (κ2) is 7.38. The van der Waals surface area contributed by atoms with Gasteiger partial charge in [0.1, 0.15) is 5.15 Å². The highest BCUT2D eigenvalue weighted by atomic mass is 35.5. The van der Waals surface area contributed by atoms with Crippen LogP contribution in [0.4, 0.5) is 0 Å². The summed E-state index contributed by atoms with van der Waals surface area (Å²) in [5.41, 5.74) is 6.39. The summed E-state index contributed by atoms with van der Waals surface area (Å²) < 4.78 is 1.69. The molecule has 1 heterocycles. The average Bonchev–Trinajstić information content (AvgIpc) is 2.76. The summed E-state index contributed by atoms with van der Waals surface area (Å²) in [5.74, 6) is 0. The van der Waals surface area contributed by atoms with E-state index in [2.05, 4.69) is 20.9 Å². The van der Waals surface area contributed by atoms with Gasteiger partial charge in [-0.05, 0) is 45.1 Å². The molecule has 0 aliphatic carbocycles. The van der Waals surface area contributed by atoms with Gasteiger partial charge in [-0.1, -0.05) is 29.3 Å². The predicted molar refractivity (Wildman–Crippen MR) is 95.1 cm³/mol. The number of aryl methyl sites for hydroxylation is 2. The van der Waals surface area contributed by atoms with Gasteiger partial charge in [-0.3, -0.25) is 5.43 Å². The lowest BCUT2D eigenvalue weighted by Crippen LogP contribution is -2.31. The maximum absolute atomic E-state index is 6.41. The molecular weight excluding hydrogens is 318 g/mol. The van der Waals surface area contributed by atoms with Gasteiger partial charge in [0.25, 0.3) is 0 Å². The summed E-state index contributed by atoms with van der Waals surface area (Å²) in [5, 5.41) is 12.5. The predicted octanol–water partition coefficient (Wildman–Crippen LogP) is 2.96. The van der Waals surface area contributed by atoms with E-state index in [4.69, 9.17) is 23.8 Å². The molecule has 0 saturated carbocycles. The van der Waals surface area contributed by atoms with Gasteiger partial charge in [0.05, 0.1) is 23.2 Å². The maximum Gasteiger partial charge on any atom is 0.186 e. The number of nitrogens with zero attached hydrogens (tertiary/aromatic N) is 3. The number of nitrogens with one attached hydrogen (secondary N) is 2. The normalized spacial score (nSPS) is 10.9. The summed E-state index contributed by atoms with van der Waals surface area (Å²) in [6, 6.07) is 8.00. The molecule has 0 radical (unpaired) electrons. The van der Waals surface area contributed by atoms with Gasteiger partial charge in [0, 0.05) is 6.54 Å². The number of thiocarbonyl (C=S) groups is 1. The van der Waals surface area contributed by atoms with E-state index in [1.807, 2.05) is 45.0 Å². The Hall–Kier alpha value is -1.92. The molecule has 1 aromatic heterocycles. The van der Waals surface area contributed by atoms with Crippen LogP contribution in [0.15, 0.2) is 29.4 Å². The monoisotopic (exact) mass is 335 g/mol. The van der Waals surface area contributed by atoms with Crippen molar-refractivity contribution >= 4 is 35.1 Å². The Morgan fingerprint density at radius 1 is 1.36 bits per heavy atom. The van der Waals surface area contributed by atoms with Gasteiger partial charge in [0.15, 0.2) is 5.11 Å². The van der Waals surface area contributed by atoms with Gasteiger partial charge >= 0.3 is 0 Å². The van der Waals surface area contributed by atoms with Crippen LogP contribution in [0, 0.1) is 13.8 Å². The fourth-order valence-electron chi connectivity index (χ4n) is 1.87. The standard InChI is InChI=1S/C15H18ClN5S/c1-4-17-15(22)19-18-9-13-11(3)20-21(14(13)16)12-7-5-10(2)6-8-12/h5-9H,4H2,1-3H3,(H2,17,19,22)/b18-9+. The summed E-state index contributed by atoms with van der Waals surface area (Å²) in [4.78, 5) is 0. The zero-order valence-electron chi connectivity index (χ0n) is 12.7. The fourth-order valence-corrected chi connectivity index (χ4v) is 2.39. The molecule has 116 valence electrons. The number of hydrogen-bond donors (Lipinski definition) is 2. The highest BCUT2D eigenvalue weighted by Gasteiger charge is 2.13. The van der Waals surface area contributed by atoms with Crippen LogP contribution in [-0.2, 0) is 0 Å². The second-order valence-corrected chi connectivity index (χ2v) is 5.53. The van der Waals surface area contributed by atoms with Crippen molar-refractivity contribution in [2.24, 2.45) is 5.10 Å². The number of hydrogen-bond acceptors (Lipinski definition) is 3. The molecule has 0 unspecified atom stereocenters. The van der Waals surface area contributed by atoms with Crippen LogP contribution in [-0.4, -0.2) is 27.7 Å². The summed E-state index contributed by atoms with van der Waals surface area (Å²) in [6.45, 7) is 6.63. The first-order valence-electron chi connectivity index (χ1n) is 6.92. The second-order valence-electron chi connectivity index (χ2n) is 4.77. The minimum atomic E-state index is 0.471. The summed E-state index contributed by atoms with van der Waals surface area (Å²) in [7, 11) is 0. The molecule has 5 nitrogen and oxygen atoms in total. The minimum Gasteiger partial charge on any atom is -0.362 e. The van der Waals surface area contributed by atoms with E-state index in [0.29, 0.717) is 10.3 Å². The van der Waals surface area contributed by atoms with Crippen molar-refractivity contribution in [2.45, 2.75) is 20.8 Å². The Kier molecular flexibility index (Phi) is 5.51. The lowest BCUT2D eigenvalue weighted by Gasteiger charge is -2.04. The molecule has 0 aliphatic rings. The van der Waals surface area contributed by atoms with E-state index in [1.54, 1.807) is 10.9 Å². The van der Waals surface area contributed by atoms with Gasteiger partial charge in [-0.25, -0.2) is 4.68 Å². The maximum atomic E-state index is 6.41. The van der Waals surface area contributed by atoms with Crippen molar-refractivity contribution in [1.29, 1.82) is 0 Å². The van der Waals surface area contributed by atoms with E-state index >= 15 is 0 Å². The number of hydrazone groups is 1. The highest BCUT2D eigenvalue weighted by Crippen LogP contribution is 2.22. The first-order valence-corrected chi connectivity index (χ1v) is 7.70. The van der Waals surface area contributed by atoms with Crippen LogP contribution in [0.3, 0.4) is 0 Å².